The van der Waals surface area contributed by atoms with Crippen LogP contribution in [0.4, 0.5) is 0 Å². The number of nitrogens with one attached hydrogen (secondary N) is 1. The van der Waals surface area contributed by atoms with Gasteiger partial charge in [0.1, 0.15) is 5.82 Å². The first-order valence-electron chi connectivity index (χ1n) is 12.5. The van der Waals surface area contributed by atoms with E-state index < -0.39 is 5.76 Å². The predicted molar refractivity (Wildman–Crippen MR) is 144 cm³/mol. The van der Waals surface area contributed by atoms with Crippen LogP contribution in [-0.4, -0.2) is 19.7 Å². The van der Waals surface area contributed by atoms with Crippen LogP contribution in [0.15, 0.2) is 93.0 Å². The molecule has 37 heavy (non-hydrogen) atoms. The third-order valence-corrected chi connectivity index (χ3v) is 6.42. The lowest BCUT2D eigenvalue weighted by molar-refractivity contribution is 0.388. The van der Waals surface area contributed by atoms with Crippen LogP contribution >= 0.6 is 0 Å². The van der Waals surface area contributed by atoms with Crippen LogP contribution in [0.5, 0.6) is 0 Å². The molecule has 1 N–H and O–H groups in total. The summed E-state index contributed by atoms with van der Waals surface area (Å²) in [6.07, 6.45) is 2.84. The Labute approximate surface area is 214 Å². The molecule has 5 aromatic rings. The zero-order valence-corrected chi connectivity index (χ0v) is 20.9. The number of hydrogen-bond acceptors (Lipinski definition) is 5. The standard InChI is InChI=1S/C30H28N4O3/c1-3-10-26-25(29(35)34(27(4-2)31-26)22-11-6-5-7-12-22)19-20-15-17-21(18-16-20)23-13-8-9-14-24(23)28-32-30(36)37-33-28/h5-9,11-18H,3-4,10,19H2,1-2H3,(H,32,33,36). The Hall–Kier alpha value is -4.52. The van der Waals surface area contributed by atoms with Gasteiger partial charge in [0.05, 0.1) is 11.4 Å². The van der Waals surface area contributed by atoms with Crippen LogP contribution in [0.25, 0.3) is 28.2 Å². The zero-order chi connectivity index (χ0) is 25.8. The number of aromatic amines is 1. The molecule has 0 fully saturated rings. The van der Waals surface area contributed by atoms with E-state index in [1.54, 1.807) is 4.57 Å². The average molecular weight is 493 g/mol. The number of nitrogens with zero attached hydrogens (tertiary/aromatic N) is 3. The summed E-state index contributed by atoms with van der Waals surface area (Å²) in [5.74, 6) is 0.575. The van der Waals surface area contributed by atoms with Crippen LogP contribution in [0.3, 0.4) is 0 Å². The summed E-state index contributed by atoms with van der Waals surface area (Å²) in [5.41, 5.74) is 6.12. The van der Waals surface area contributed by atoms with Crippen molar-refractivity contribution in [2.75, 3.05) is 0 Å². The molecule has 0 unspecified atom stereocenters. The molecule has 0 saturated carbocycles. The molecule has 7 heteroatoms. The first-order valence-corrected chi connectivity index (χ1v) is 12.5. The maximum atomic E-state index is 13.8. The minimum atomic E-state index is -0.591. The van der Waals surface area contributed by atoms with Crippen molar-refractivity contribution in [3.05, 3.63) is 122 Å². The van der Waals surface area contributed by atoms with E-state index >= 15 is 0 Å². The Bertz CT molecular complexity index is 1630. The van der Waals surface area contributed by atoms with E-state index in [1.807, 2.05) is 85.8 Å². The number of rotatable bonds is 8. The highest BCUT2D eigenvalue weighted by Crippen LogP contribution is 2.30. The highest BCUT2D eigenvalue weighted by Gasteiger charge is 2.17. The molecule has 0 atom stereocenters. The molecule has 2 aromatic heterocycles. The number of benzene rings is 3. The van der Waals surface area contributed by atoms with Gasteiger partial charge in [-0.05, 0) is 35.2 Å². The highest BCUT2D eigenvalue weighted by molar-refractivity contribution is 5.80. The lowest BCUT2D eigenvalue weighted by Gasteiger charge is -2.17. The van der Waals surface area contributed by atoms with Gasteiger partial charge in [-0.25, -0.2) is 9.78 Å². The second-order valence-corrected chi connectivity index (χ2v) is 8.90. The number of para-hydroxylation sites is 1. The summed E-state index contributed by atoms with van der Waals surface area (Å²) in [7, 11) is 0. The molecule has 0 aliphatic heterocycles. The quantitative estimate of drug-likeness (QED) is 0.315. The fourth-order valence-electron chi connectivity index (χ4n) is 4.64. The minimum absolute atomic E-state index is 0.00842. The van der Waals surface area contributed by atoms with E-state index in [2.05, 4.69) is 17.1 Å². The van der Waals surface area contributed by atoms with Crippen molar-refractivity contribution < 1.29 is 4.52 Å². The minimum Gasteiger partial charge on any atom is -0.296 e. The van der Waals surface area contributed by atoms with Gasteiger partial charge in [0.2, 0.25) is 0 Å². The fourth-order valence-corrected chi connectivity index (χ4v) is 4.64. The van der Waals surface area contributed by atoms with Gasteiger partial charge in [-0.3, -0.25) is 18.9 Å². The van der Waals surface area contributed by atoms with Gasteiger partial charge in [-0.2, -0.15) is 0 Å². The number of aromatic nitrogens is 4. The highest BCUT2D eigenvalue weighted by atomic mass is 16.5. The van der Waals surface area contributed by atoms with Crippen LogP contribution in [0.2, 0.25) is 0 Å². The molecular weight excluding hydrogens is 464 g/mol. The normalized spacial score (nSPS) is 11.1. The largest absolute Gasteiger partial charge is 0.439 e. The molecule has 0 amide bonds. The van der Waals surface area contributed by atoms with Crippen LogP contribution in [-0.2, 0) is 19.3 Å². The van der Waals surface area contributed by atoms with Crippen LogP contribution in [0, 0.1) is 0 Å². The van der Waals surface area contributed by atoms with E-state index in [4.69, 9.17) is 9.51 Å². The first kappa shape index (κ1) is 24.2. The SMILES string of the molecule is CCCc1nc(CC)n(-c2ccccc2)c(=O)c1Cc1ccc(-c2ccccc2-c2noc(=O)[nH]2)cc1. The second kappa shape index (κ2) is 10.6. The monoisotopic (exact) mass is 492 g/mol. The molecule has 186 valence electrons. The molecule has 0 spiro atoms. The van der Waals surface area contributed by atoms with Gasteiger partial charge in [0, 0.05) is 24.0 Å². The Balaban J connectivity index is 1.53. The second-order valence-electron chi connectivity index (χ2n) is 8.90. The van der Waals surface area contributed by atoms with Crippen molar-refractivity contribution in [1.29, 1.82) is 0 Å². The summed E-state index contributed by atoms with van der Waals surface area (Å²) in [6.45, 7) is 4.13. The number of aryl methyl sites for hydroxylation is 2. The lowest BCUT2D eigenvalue weighted by atomic mass is 9.96. The van der Waals surface area contributed by atoms with Gasteiger partial charge >= 0.3 is 5.76 Å². The summed E-state index contributed by atoms with van der Waals surface area (Å²) in [4.78, 5) is 32.9. The van der Waals surface area contributed by atoms with E-state index in [0.29, 0.717) is 18.7 Å². The van der Waals surface area contributed by atoms with Crippen molar-refractivity contribution in [1.82, 2.24) is 19.7 Å². The van der Waals surface area contributed by atoms with E-state index in [9.17, 15) is 9.59 Å². The molecule has 2 heterocycles. The predicted octanol–water partition coefficient (Wildman–Crippen LogP) is 5.35. The Kier molecular flexibility index (Phi) is 6.94. The molecular formula is C30H28N4O3. The maximum absolute atomic E-state index is 13.8. The average Bonchev–Trinajstić information content (AvgIpc) is 3.37. The maximum Gasteiger partial charge on any atom is 0.439 e. The van der Waals surface area contributed by atoms with Crippen molar-refractivity contribution in [3.8, 4) is 28.2 Å². The van der Waals surface area contributed by atoms with Crippen LogP contribution in [0.1, 0.15) is 42.9 Å². The topological polar surface area (TPSA) is 93.8 Å². The van der Waals surface area contributed by atoms with Gasteiger partial charge in [-0.1, -0.05) is 92.2 Å². The molecule has 5 rings (SSSR count). The fraction of sp³-hybridized carbons (Fsp3) is 0.200. The Morgan fingerprint density at radius 2 is 1.57 bits per heavy atom. The van der Waals surface area contributed by atoms with Crippen molar-refractivity contribution in [3.63, 3.8) is 0 Å². The summed E-state index contributed by atoms with van der Waals surface area (Å²) >= 11 is 0. The summed E-state index contributed by atoms with van der Waals surface area (Å²) in [6, 6.07) is 25.5. The van der Waals surface area contributed by atoms with Gasteiger partial charge in [0.15, 0.2) is 5.82 Å². The molecule has 3 aromatic carbocycles. The summed E-state index contributed by atoms with van der Waals surface area (Å²) in [5, 5.41) is 3.84. The van der Waals surface area contributed by atoms with Gasteiger partial charge < -0.3 is 0 Å². The molecule has 7 nitrogen and oxygen atoms in total. The van der Waals surface area contributed by atoms with Crippen molar-refractivity contribution in [2.24, 2.45) is 0 Å². The van der Waals surface area contributed by atoms with Gasteiger partial charge in [0.25, 0.3) is 5.56 Å². The van der Waals surface area contributed by atoms with E-state index in [-0.39, 0.29) is 5.56 Å². The van der Waals surface area contributed by atoms with Crippen molar-refractivity contribution >= 4 is 0 Å². The van der Waals surface area contributed by atoms with E-state index in [0.717, 1.165) is 57.9 Å². The van der Waals surface area contributed by atoms with E-state index in [1.165, 1.54) is 0 Å². The molecule has 0 radical (unpaired) electrons. The van der Waals surface area contributed by atoms with Crippen LogP contribution < -0.4 is 11.3 Å². The van der Waals surface area contributed by atoms with Crippen molar-refractivity contribution in [2.45, 2.75) is 39.5 Å². The molecule has 0 bridgehead atoms. The first-order chi connectivity index (χ1) is 18.1. The zero-order valence-electron chi connectivity index (χ0n) is 20.9. The number of H-pyrrole nitrogens is 1. The lowest BCUT2D eigenvalue weighted by Crippen LogP contribution is -2.29. The third kappa shape index (κ3) is 4.93. The Morgan fingerprint density at radius 1 is 0.865 bits per heavy atom. The molecule has 0 aliphatic rings. The molecule has 0 saturated heterocycles. The number of hydrogen-bond donors (Lipinski definition) is 1. The summed E-state index contributed by atoms with van der Waals surface area (Å²) < 4.78 is 6.44. The Morgan fingerprint density at radius 3 is 2.22 bits per heavy atom. The van der Waals surface area contributed by atoms with Gasteiger partial charge in [-0.15, -0.1) is 0 Å². The molecule has 0 aliphatic carbocycles. The third-order valence-electron chi connectivity index (χ3n) is 6.42. The smallest absolute Gasteiger partial charge is 0.296 e.